The molecule has 0 saturated carbocycles. The van der Waals surface area contributed by atoms with Gasteiger partial charge in [0.25, 0.3) is 0 Å². The molecule has 0 unspecified atom stereocenters. The molecule has 5 nitrogen and oxygen atoms in total. The molecule has 1 heterocycles. The summed E-state index contributed by atoms with van der Waals surface area (Å²) in [6, 6.07) is 8.65. The summed E-state index contributed by atoms with van der Waals surface area (Å²) in [4.78, 5) is 17.1. The van der Waals surface area contributed by atoms with Gasteiger partial charge in [0.2, 0.25) is 0 Å². The molecule has 1 atom stereocenters. The van der Waals surface area contributed by atoms with Crippen LogP contribution in [0, 0.1) is 18.2 Å². The van der Waals surface area contributed by atoms with Crippen molar-refractivity contribution >= 4 is 11.8 Å². The van der Waals surface area contributed by atoms with Crippen molar-refractivity contribution in [1.82, 2.24) is 4.90 Å². The molecule has 7 heteroatoms. The van der Waals surface area contributed by atoms with Crippen LogP contribution in [-0.2, 0) is 11.3 Å². The quantitative estimate of drug-likeness (QED) is 0.592. The highest BCUT2D eigenvalue weighted by molar-refractivity contribution is 5.68. The molecular formula is C23H24F2N2O3. The summed E-state index contributed by atoms with van der Waals surface area (Å²) in [5.74, 6) is -1.08. The summed E-state index contributed by atoms with van der Waals surface area (Å²) in [6.45, 7) is 13.3. The fourth-order valence-electron chi connectivity index (χ4n) is 3.32. The Morgan fingerprint density at radius 3 is 2.63 bits per heavy atom. The fourth-order valence-corrected chi connectivity index (χ4v) is 3.32. The average molecular weight is 414 g/mol. The van der Waals surface area contributed by atoms with Crippen molar-refractivity contribution in [3.8, 4) is 5.75 Å². The standard InChI is InChI=1S/C23H24F2N2O3/c1-23(2,3)30-22(28)27-10-9-16(13-27)15-5-7-19(24)17(11-15)14-29-21-8-6-18(26-4)12-20(21)25/h5-8,11-12,16H,9-10,13-14H2,1-3H3/t16-/m0/s1. The maximum Gasteiger partial charge on any atom is 0.410 e. The first-order valence-corrected chi connectivity index (χ1v) is 9.72. The van der Waals surface area contributed by atoms with Crippen molar-refractivity contribution in [2.75, 3.05) is 13.1 Å². The van der Waals surface area contributed by atoms with E-state index in [4.69, 9.17) is 16.0 Å². The second-order valence-corrected chi connectivity index (χ2v) is 8.28. The highest BCUT2D eigenvalue weighted by Crippen LogP contribution is 2.30. The largest absolute Gasteiger partial charge is 0.486 e. The lowest BCUT2D eigenvalue weighted by Gasteiger charge is -2.24. The minimum Gasteiger partial charge on any atom is -0.486 e. The van der Waals surface area contributed by atoms with E-state index >= 15 is 0 Å². The number of carbonyl (C=O) groups excluding carboxylic acids is 1. The number of amides is 1. The lowest BCUT2D eigenvalue weighted by Crippen LogP contribution is -2.35. The van der Waals surface area contributed by atoms with Gasteiger partial charge < -0.3 is 14.4 Å². The van der Waals surface area contributed by atoms with Crippen LogP contribution in [0.5, 0.6) is 5.75 Å². The van der Waals surface area contributed by atoms with E-state index < -0.39 is 17.2 Å². The lowest BCUT2D eigenvalue weighted by molar-refractivity contribution is 0.0292. The van der Waals surface area contributed by atoms with Crippen molar-refractivity contribution in [3.63, 3.8) is 0 Å². The van der Waals surface area contributed by atoms with Gasteiger partial charge in [-0.2, -0.15) is 0 Å². The van der Waals surface area contributed by atoms with E-state index in [2.05, 4.69) is 4.85 Å². The van der Waals surface area contributed by atoms with E-state index in [1.807, 2.05) is 20.8 Å². The molecule has 2 aromatic rings. The van der Waals surface area contributed by atoms with Crippen LogP contribution in [0.2, 0.25) is 0 Å². The summed E-state index contributed by atoms with van der Waals surface area (Å²) in [7, 11) is 0. The zero-order valence-electron chi connectivity index (χ0n) is 17.2. The predicted octanol–water partition coefficient (Wildman–Crippen LogP) is 5.82. The second-order valence-electron chi connectivity index (χ2n) is 8.28. The molecule has 1 saturated heterocycles. The van der Waals surface area contributed by atoms with Gasteiger partial charge in [0.05, 0.1) is 6.57 Å². The zero-order valence-corrected chi connectivity index (χ0v) is 17.2. The molecule has 0 spiro atoms. The Morgan fingerprint density at radius 1 is 1.20 bits per heavy atom. The van der Waals surface area contributed by atoms with Gasteiger partial charge in [-0.25, -0.2) is 18.4 Å². The summed E-state index contributed by atoms with van der Waals surface area (Å²) in [6.07, 6.45) is 0.395. The first-order chi connectivity index (χ1) is 14.2. The molecule has 1 fully saturated rings. The molecular weight excluding hydrogens is 390 g/mol. The van der Waals surface area contributed by atoms with Crippen LogP contribution in [0.1, 0.15) is 44.2 Å². The number of benzene rings is 2. The van der Waals surface area contributed by atoms with Gasteiger partial charge in [0.1, 0.15) is 18.0 Å². The lowest BCUT2D eigenvalue weighted by atomic mass is 9.96. The Hall–Kier alpha value is -3.14. The molecule has 3 rings (SSSR count). The summed E-state index contributed by atoms with van der Waals surface area (Å²) < 4.78 is 39.1. The van der Waals surface area contributed by atoms with Crippen molar-refractivity contribution in [3.05, 3.63) is 70.6 Å². The minimum absolute atomic E-state index is 0.0378. The first kappa shape index (κ1) is 21.6. The number of hydrogen-bond donors (Lipinski definition) is 0. The molecule has 0 aromatic heterocycles. The van der Waals surface area contributed by atoms with Crippen LogP contribution in [0.25, 0.3) is 4.85 Å². The number of carbonyl (C=O) groups is 1. The molecule has 30 heavy (non-hydrogen) atoms. The van der Waals surface area contributed by atoms with E-state index in [0.29, 0.717) is 18.7 Å². The third kappa shape index (κ3) is 5.26. The molecule has 0 radical (unpaired) electrons. The van der Waals surface area contributed by atoms with Crippen LogP contribution in [0.15, 0.2) is 36.4 Å². The molecule has 158 valence electrons. The van der Waals surface area contributed by atoms with Crippen LogP contribution in [0.3, 0.4) is 0 Å². The van der Waals surface area contributed by atoms with Gasteiger partial charge in [-0.1, -0.05) is 12.1 Å². The fraction of sp³-hybridized carbons (Fsp3) is 0.391. The molecule has 0 N–H and O–H groups in total. The smallest absolute Gasteiger partial charge is 0.410 e. The van der Waals surface area contributed by atoms with Gasteiger partial charge in [0, 0.05) is 24.6 Å². The maximum absolute atomic E-state index is 14.3. The van der Waals surface area contributed by atoms with Gasteiger partial charge in [0.15, 0.2) is 17.3 Å². The zero-order chi connectivity index (χ0) is 21.9. The first-order valence-electron chi connectivity index (χ1n) is 9.72. The monoisotopic (exact) mass is 414 g/mol. The number of halogens is 2. The Labute approximate surface area is 175 Å². The SMILES string of the molecule is [C-]#[N+]c1ccc(OCc2cc([C@H]3CCN(C(=O)OC(C)(C)C)C3)ccc2F)c(F)c1. The maximum atomic E-state index is 14.3. The molecule has 1 aliphatic heterocycles. The van der Waals surface area contributed by atoms with Gasteiger partial charge in [-0.3, -0.25) is 0 Å². The van der Waals surface area contributed by atoms with Crippen LogP contribution in [-0.4, -0.2) is 29.7 Å². The Balaban J connectivity index is 1.67. The Kier molecular flexibility index (Phi) is 6.25. The number of likely N-dealkylation sites (tertiary alicyclic amines) is 1. The van der Waals surface area contributed by atoms with Gasteiger partial charge in [-0.15, -0.1) is 0 Å². The highest BCUT2D eigenvalue weighted by Gasteiger charge is 2.30. The van der Waals surface area contributed by atoms with Crippen molar-refractivity contribution in [2.24, 2.45) is 0 Å². The summed E-state index contributed by atoms with van der Waals surface area (Å²) in [5.41, 5.74) is 0.809. The Bertz CT molecular complexity index is 979. The topological polar surface area (TPSA) is 43.1 Å². The number of hydrogen-bond acceptors (Lipinski definition) is 3. The molecule has 0 bridgehead atoms. The molecule has 1 aliphatic rings. The van der Waals surface area contributed by atoms with Gasteiger partial charge in [-0.05, 0) is 57.0 Å². The Morgan fingerprint density at radius 2 is 1.97 bits per heavy atom. The highest BCUT2D eigenvalue weighted by atomic mass is 19.1. The minimum atomic E-state index is -0.663. The number of rotatable bonds is 4. The third-order valence-electron chi connectivity index (χ3n) is 4.81. The molecule has 0 aliphatic carbocycles. The number of ether oxygens (including phenoxy) is 2. The predicted molar refractivity (Wildman–Crippen MR) is 109 cm³/mol. The van der Waals surface area contributed by atoms with E-state index in [1.165, 1.54) is 18.2 Å². The average Bonchev–Trinajstić information content (AvgIpc) is 3.17. The third-order valence-corrected chi connectivity index (χ3v) is 4.81. The van der Waals surface area contributed by atoms with Crippen molar-refractivity contribution in [1.29, 1.82) is 0 Å². The van der Waals surface area contributed by atoms with Crippen LogP contribution >= 0.6 is 0 Å². The molecule has 2 aromatic carbocycles. The molecule has 1 amide bonds. The van der Waals surface area contributed by atoms with E-state index in [1.54, 1.807) is 17.0 Å². The van der Waals surface area contributed by atoms with E-state index in [9.17, 15) is 13.6 Å². The van der Waals surface area contributed by atoms with Gasteiger partial charge >= 0.3 is 6.09 Å². The van der Waals surface area contributed by atoms with Crippen LogP contribution in [0.4, 0.5) is 19.3 Å². The van der Waals surface area contributed by atoms with E-state index in [-0.39, 0.29) is 30.1 Å². The van der Waals surface area contributed by atoms with Crippen LogP contribution < -0.4 is 4.74 Å². The van der Waals surface area contributed by atoms with Crippen molar-refractivity contribution in [2.45, 2.75) is 45.3 Å². The normalized spacial score (nSPS) is 16.3. The van der Waals surface area contributed by atoms with E-state index in [0.717, 1.165) is 18.1 Å². The number of nitrogens with zero attached hydrogens (tertiary/aromatic N) is 2. The second kappa shape index (κ2) is 8.70. The summed E-state index contributed by atoms with van der Waals surface area (Å²) >= 11 is 0. The van der Waals surface area contributed by atoms with Crippen molar-refractivity contribution < 1.29 is 23.0 Å². The summed E-state index contributed by atoms with van der Waals surface area (Å²) in [5, 5.41) is 0.